The molecule has 1 aliphatic heterocycles. The van der Waals surface area contributed by atoms with Gasteiger partial charge in [0.1, 0.15) is 17.8 Å². The van der Waals surface area contributed by atoms with E-state index >= 15 is 0 Å². The molecule has 0 atom stereocenters. The first kappa shape index (κ1) is 16.8. The summed E-state index contributed by atoms with van der Waals surface area (Å²) in [6.45, 7) is 6.88. The largest absolute Gasteiger partial charge is 0.383 e. The number of nitrogens with two attached hydrogens (primary N) is 1. The minimum atomic E-state index is 0.000636. The van der Waals surface area contributed by atoms with Crippen LogP contribution in [0.15, 0.2) is 30.7 Å². The fraction of sp³-hybridized carbons (Fsp3) is 0.455. The van der Waals surface area contributed by atoms with Gasteiger partial charge in [0, 0.05) is 23.0 Å². The maximum Gasteiger partial charge on any atom is 0.150 e. The number of nitrogens with zero attached hydrogens (tertiary/aromatic N) is 3. The molecule has 5 nitrogen and oxygen atoms in total. The van der Waals surface area contributed by atoms with Crippen LogP contribution in [0.3, 0.4) is 0 Å². The smallest absolute Gasteiger partial charge is 0.150 e. The van der Waals surface area contributed by atoms with E-state index in [2.05, 4.69) is 59.0 Å². The third-order valence-electron chi connectivity index (χ3n) is 6.51. The predicted molar refractivity (Wildman–Crippen MR) is 109 cm³/mol. The van der Waals surface area contributed by atoms with Crippen molar-refractivity contribution in [2.45, 2.75) is 64.0 Å². The quantitative estimate of drug-likeness (QED) is 0.678. The highest BCUT2D eigenvalue weighted by Crippen LogP contribution is 2.50. The van der Waals surface area contributed by atoms with E-state index < -0.39 is 0 Å². The lowest BCUT2D eigenvalue weighted by atomic mass is 9.76. The molecule has 0 radical (unpaired) electrons. The normalized spacial score (nSPS) is 20.3. The Hall–Kier alpha value is -2.40. The molecule has 0 amide bonds. The van der Waals surface area contributed by atoms with Crippen molar-refractivity contribution in [2.24, 2.45) is 0 Å². The van der Waals surface area contributed by atoms with Gasteiger partial charge in [-0.05, 0) is 68.5 Å². The van der Waals surface area contributed by atoms with Gasteiger partial charge in [-0.1, -0.05) is 19.3 Å². The van der Waals surface area contributed by atoms with Crippen molar-refractivity contribution in [1.29, 1.82) is 0 Å². The number of aromatic nitrogens is 3. The number of benzene rings is 1. The lowest BCUT2D eigenvalue weighted by Gasteiger charge is -2.37. The molecule has 0 saturated heterocycles. The minimum absolute atomic E-state index is 0.000636. The first-order valence-electron chi connectivity index (χ1n) is 9.94. The summed E-state index contributed by atoms with van der Waals surface area (Å²) < 4.78 is 2.14. The van der Waals surface area contributed by atoms with Crippen molar-refractivity contribution in [3.8, 4) is 5.69 Å². The van der Waals surface area contributed by atoms with Crippen molar-refractivity contribution in [3.05, 3.63) is 47.4 Å². The summed E-state index contributed by atoms with van der Waals surface area (Å²) >= 11 is 0. The van der Waals surface area contributed by atoms with Crippen molar-refractivity contribution in [2.75, 3.05) is 5.73 Å². The molecule has 5 heteroatoms. The molecule has 27 heavy (non-hydrogen) atoms. The number of fused-ring (bicyclic) bond motifs is 3. The first-order valence-corrected chi connectivity index (χ1v) is 9.94. The summed E-state index contributed by atoms with van der Waals surface area (Å²) in [7, 11) is 0. The van der Waals surface area contributed by atoms with Gasteiger partial charge in [-0.2, -0.15) is 0 Å². The molecule has 1 aliphatic carbocycles. The van der Waals surface area contributed by atoms with E-state index in [1.165, 1.54) is 48.8 Å². The van der Waals surface area contributed by atoms with Gasteiger partial charge in [-0.3, -0.25) is 5.32 Å². The molecule has 3 N–H and O–H groups in total. The lowest BCUT2D eigenvalue weighted by molar-refractivity contribution is 0.205. The van der Waals surface area contributed by atoms with E-state index in [0.29, 0.717) is 5.82 Å². The maximum absolute atomic E-state index is 6.04. The van der Waals surface area contributed by atoms with Crippen LogP contribution in [-0.4, -0.2) is 14.5 Å². The maximum atomic E-state index is 6.04. The lowest BCUT2D eigenvalue weighted by Crippen LogP contribution is -2.45. The zero-order chi connectivity index (χ0) is 18.8. The fourth-order valence-corrected chi connectivity index (χ4v) is 5.57. The summed E-state index contributed by atoms with van der Waals surface area (Å²) in [4.78, 5) is 8.61. The van der Waals surface area contributed by atoms with Gasteiger partial charge in [0.25, 0.3) is 0 Å². The Bertz CT molecular complexity index is 1040. The van der Waals surface area contributed by atoms with Crippen molar-refractivity contribution in [3.63, 3.8) is 0 Å². The summed E-state index contributed by atoms with van der Waals surface area (Å²) in [6, 6.07) is 6.67. The van der Waals surface area contributed by atoms with Gasteiger partial charge in [-0.25, -0.2) is 9.97 Å². The Morgan fingerprint density at radius 2 is 1.89 bits per heavy atom. The Balaban J connectivity index is 1.74. The zero-order valence-corrected chi connectivity index (χ0v) is 16.3. The average Bonchev–Trinajstić information content (AvgIpc) is 3.14. The molecule has 5 rings (SSSR count). The van der Waals surface area contributed by atoms with E-state index in [1.54, 1.807) is 6.33 Å². The molecule has 1 spiro atoms. The van der Waals surface area contributed by atoms with Crippen LogP contribution in [0.2, 0.25) is 0 Å². The Morgan fingerprint density at radius 3 is 2.67 bits per heavy atom. The van der Waals surface area contributed by atoms with Gasteiger partial charge >= 0.3 is 0 Å². The number of nitrogens with one attached hydrogen (secondary N) is 1. The molecule has 3 aromatic rings. The highest BCUT2D eigenvalue weighted by atomic mass is 15.1. The minimum Gasteiger partial charge on any atom is -0.383 e. The van der Waals surface area contributed by atoms with Gasteiger partial charge < -0.3 is 10.3 Å². The van der Waals surface area contributed by atoms with Crippen LogP contribution in [0.25, 0.3) is 16.7 Å². The zero-order valence-electron chi connectivity index (χ0n) is 16.3. The number of aryl methyl sites for hydroxylation is 1. The van der Waals surface area contributed by atoms with Crippen LogP contribution < -0.4 is 11.1 Å². The number of hydrogen-bond acceptors (Lipinski definition) is 4. The summed E-state index contributed by atoms with van der Waals surface area (Å²) in [5.41, 5.74) is 12.5. The number of hydrogen-bond donors (Lipinski definition) is 2. The Morgan fingerprint density at radius 1 is 1.11 bits per heavy atom. The van der Waals surface area contributed by atoms with Gasteiger partial charge in [0.05, 0.1) is 5.39 Å². The van der Waals surface area contributed by atoms with Gasteiger partial charge in [-0.15, -0.1) is 0 Å². The fourth-order valence-electron chi connectivity index (χ4n) is 5.57. The molecule has 1 aromatic carbocycles. The molecule has 2 aliphatic rings. The first-order chi connectivity index (χ1) is 12.9. The van der Waals surface area contributed by atoms with Crippen LogP contribution in [0, 0.1) is 6.92 Å². The summed E-state index contributed by atoms with van der Waals surface area (Å²) in [5, 5.41) is 4.92. The van der Waals surface area contributed by atoms with Crippen molar-refractivity contribution in [1.82, 2.24) is 19.9 Å². The number of anilines is 1. The molecular weight excluding hydrogens is 334 g/mol. The second-order valence-electron chi connectivity index (χ2n) is 8.76. The van der Waals surface area contributed by atoms with Gasteiger partial charge in [0.15, 0.2) is 0 Å². The average molecular weight is 361 g/mol. The van der Waals surface area contributed by atoms with E-state index in [4.69, 9.17) is 5.73 Å². The van der Waals surface area contributed by atoms with Crippen LogP contribution >= 0.6 is 0 Å². The van der Waals surface area contributed by atoms with Crippen LogP contribution in [-0.2, 0) is 11.1 Å². The molecule has 0 unspecified atom stereocenters. The third kappa shape index (κ3) is 2.34. The standard InChI is InChI=1S/C22H27N5/c1-14-11-15(27-10-7-16-19(23)24-13-25-20(16)27)12-17-18(14)21(2,3)26-22(17)8-5-4-6-9-22/h7,10-13,26H,4-6,8-9H2,1-3H3,(H2,23,24,25). The molecule has 0 bridgehead atoms. The van der Waals surface area contributed by atoms with Gasteiger partial charge in [0.2, 0.25) is 0 Å². The number of rotatable bonds is 1. The predicted octanol–water partition coefficient (Wildman–Crippen LogP) is 4.31. The molecule has 140 valence electrons. The molecular formula is C22H27N5. The second-order valence-corrected chi connectivity index (χ2v) is 8.76. The molecule has 3 heterocycles. The molecule has 2 aromatic heterocycles. The second kappa shape index (κ2) is 5.55. The topological polar surface area (TPSA) is 68.8 Å². The highest BCUT2D eigenvalue weighted by Gasteiger charge is 2.48. The summed E-state index contributed by atoms with van der Waals surface area (Å²) in [6.07, 6.45) is 9.96. The van der Waals surface area contributed by atoms with E-state index in [-0.39, 0.29) is 11.1 Å². The van der Waals surface area contributed by atoms with E-state index in [1.807, 2.05) is 6.07 Å². The molecule has 1 saturated carbocycles. The third-order valence-corrected chi connectivity index (χ3v) is 6.51. The van der Waals surface area contributed by atoms with E-state index in [9.17, 15) is 0 Å². The summed E-state index contributed by atoms with van der Waals surface area (Å²) in [5.74, 6) is 0.531. The van der Waals surface area contributed by atoms with Crippen LogP contribution in [0.1, 0.15) is 62.6 Å². The van der Waals surface area contributed by atoms with E-state index in [0.717, 1.165) is 16.7 Å². The molecule has 1 fully saturated rings. The van der Waals surface area contributed by atoms with Crippen LogP contribution in [0.5, 0.6) is 0 Å². The van der Waals surface area contributed by atoms with Crippen LogP contribution in [0.4, 0.5) is 5.82 Å². The van der Waals surface area contributed by atoms with Crippen molar-refractivity contribution >= 4 is 16.9 Å². The highest BCUT2D eigenvalue weighted by molar-refractivity contribution is 5.87. The Kier molecular flexibility index (Phi) is 3.44. The Labute approximate surface area is 160 Å². The SMILES string of the molecule is Cc1cc(-n2ccc3c(N)ncnc32)cc2c1C(C)(C)NC21CCCCC1. The number of nitrogen functional groups attached to an aromatic ring is 1. The van der Waals surface area contributed by atoms with Crippen molar-refractivity contribution < 1.29 is 0 Å². The monoisotopic (exact) mass is 361 g/mol.